The first-order valence-electron chi connectivity index (χ1n) is 9.22. The van der Waals surface area contributed by atoms with Crippen molar-refractivity contribution < 1.29 is 24.9 Å². The van der Waals surface area contributed by atoms with Gasteiger partial charge in [-0.1, -0.05) is 0 Å². The topological polar surface area (TPSA) is 136 Å². The fourth-order valence-corrected chi connectivity index (χ4v) is 3.60. The Morgan fingerprint density at radius 2 is 1.69 bits per heavy atom. The monoisotopic (exact) mass is 396 g/mol. The zero-order valence-corrected chi connectivity index (χ0v) is 15.7. The van der Waals surface area contributed by atoms with Gasteiger partial charge in [0.25, 0.3) is 5.91 Å². The van der Waals surface area contributed by atoms with Gasteiger partial charge >= 0.3 is 0 Å². The maximum absolute atomic E-state index is 12.9. The van der Waals surface area contributed by atoms with Crippen molar-refractivity contribution in [1.82, 2.24) is 20.2 Å². The van der Waals surface area contributed by atoms with Crippen LogP contribution in [0.4, 0.5) is 0 Å². The first kappa shape index (κ1) is 18.9. The van der Waals surface area contributed by atoms with E-state index in [1.54, 1.807) is 0 Å². The second-order valence-electron chi connectivity index (χ2n) is 7.25. The van der Waals surface area contributed by atoms with Crippen LogP contribution in [0.15, 0.2) is 18.2 Å². The molecule has 1 amide bonds. The number of amides is 1. The molecule has 150 valence electrons. The average molecular weight is 396 g/mol. The summed E-state index contributed by atoms with van der Waals surface area (Å²) < 4.78 is 0. The fraction of sp³-hybridized carbons (Fsp3) is 0.300. The molecule has 1 fully saturated rings. The molecule has 4 rings (SSSR count). The minimum absolute atomic E-state index is 0.00151. The zero-order valence-electron chi connectivity index (χ0n) is 15.7. The number of nitrogens with zero attached hydrogens (tertiary/aromatic N) is 3. The smallest absolute Gasteiger partial charge is 0.253 e. The number of piperidine rings is 1. The van der Waals surface area contributed by atoms with E-state index in [0.717, 1.165) is 32.0 Å². The summed E-state index contributed by atoms with van der Waals surface area (Å²) in [5.74, 6) is -1.42. The van der Waals surface area contributed by atoms with E-state index in [1.807, 2.05) is 7.05 Å². The molecular formula is C20H20N4O5. The summed E-state index contributed by atoms with van der Waals surface area (Å²) in [6.07, 6.45) is 2.05. The Morgan fingerprint density at radius 1 is 1.03 bits per heavy atom. The Morgan fingerprint density at radius 3 is 2.38 bits per heavy atom. The van der Waals surface area contributed by atoms with E-state index < -0.39 is 5.75 Å². The third-order valence-corrected chi connectivity index (χ3v) is 5.26. The number of rotatable bonds is 3. The first-order chi connectivity index (χ1) is 13.9. The van der Waals surface area contributed by atoms with Gasteiger partial charge in [-0.15, -0.1) is 0 Å². The zero-order chi connectivity index (χ0) is 20.7. The summed E-state index contributed by atoms with van der Waals surface area (Å²) in [7, 11) is 2.03. The van der Waals surface area contributed by atoms with Gasteiger partial charge in [-0.3, -0.25) is 9.59 Å². The van der Waals surface area contributed by atoms with Crippen LogP contribution >= 0.6 is 0 Å². The van der Waals surface area contributed by atoms with Gasteiger partial charge < -0.3 is 25.5 Å². The summed E-state index contributed by atoms with van der Waals surface area (Å²) in [4.78, 5) is 35.0. The first-order valence-corrected chi connectivity index (χ1v) is 9.22. The highest BCUT2D eigenvalue weighted by Crippen LogP contribution is 2.35. The number of carbonyl (C=O) groups is 2. The Hall–Kier alpha value is -3.46. The lowest BCUT2D eigenvalue weighted by Gasteiger charge is -2.29. The summed E-state index contributed by atoms with van der Waals surface area (Å²) in [6, 6.07) is 3.80. The summed E-state index contributed by atoms with van der Waals surface area (Å²) in [5.41, 5.74) is 0.0333. The molecule has 29 heavy (non-hydrogen) atoms. The molecule has 1 saturated heterocycles. The summed E-state index contributed by atoms with van der Waals surface area (Å²) >= 11 is 0. The highest BCUT2D eigenvalue weighted by Gasteiger charge is 2.23. The highest BCUT2D eigenvalue weighted by molar-refractivity contribution is 6.09. The van der Waals surface area contributed by atoms with E-state index in [0.29, 0.717) is 6.29 Å². The Labute approximate surface area is 165 Å². The van der Waals surface area contributed by atoms with Gasteiger partial charge in [-0.25, -0.2) is 9.97 Å². The quantitative estimate of drug-likeness (QED) is 0.387. The molecule has 2 aromatic carbocycles. The molecule has 1 aliphatic rings. The number of aromatic hydroxyl groups is 3. The number of phenolic OH excluding ortho intramolecular Hbond substituents is 3. The van der Waals surface area contributed by atoms with Gasteiger partial charge in [0.15, 0.2) is 6.29 Å². The molecular weight excluding hydrogens is 376 g/mol. The molecule has 0 aliphatic carbocycles. The number of hydrogen-bond acceptors (Lipinski definition) is 8. The lowest BCUT2D eigenvalue weighted by atomic mass is 10.0. The van der Waals surface area contributed by atoms with Crippen molar-refractivity contribution in [2.24, 2.45) is 0 Å². The average Bonchev–Trinajstić information content (AvgIpc) is 2.69. The van der Waals surface area contributed by atoms with E-state index >= 15 is 0 Å². The van der Waals surface area contributed by atoms with Crippen LogP contribution < -0.4 is 5.32 Å². The molecule has 4 N–H and O–H groups in total. The minimum atomic E-state index is -0.450. The molecule has 0 atom stereocenters. The van der Waals surface area contributed by atoms with Crippen LogP contribution in [0.2, 0.25) is 0 Å². The van der Waals surface area contributed by atoms with Crippen LogP contribution in [-0.4, -0.2) is 68.6 Å². The van der Waals surface area contributed by atoms with Crippen LogP contribution in [0.5, 0.6) is 17.2 Å². The number of likely N-dealkylation sites (tertiary alicyclic amines) is 1. The van der Waals surface area contributed by atoms with Gasteiger partial charge in [0.1, 0.15) is 39.3 Å². The maximum atomic E-state index is 12.9. The van der Waals surface area contributed by atoms with Crippen LogP contribution in [0, 0.1) is 0 Å². The van der Waals surface area contributed by atoms with Crippen molar-refractivity contribution in [3.63, 3.8) is 0 Å². The molecule has 1 aliphatic heterocycles. The normalized spacial score (nSPS) is 15.6. The lowest BCUT2D eigenvalue weighted by molar-refractivity contribution is 0.0918. The van der Waals surface area contributed by atoms with Gasteiger partial charge in [0.05, 0.1) is 11.1 Å². The van der Waals surface area contributed by atoms with E-state index in [-0.39, 0.29) is 56.6 Å². The largest absolute Gasteiger partial charge is 0.507 e. The molecule has 0 bridgehead atoms. The second kappa shape index (κ2) is 7.17. The predicted molar refractivity (Wildman–Crippen MR) is 105 cm³/mol. The third kappa shape index (κ3) is 3.29. The Kier molecular flexibility index (Phi) is 4.67. The fourth-order valence-electron chi connectivity index (χ4n) is 3.60. The van der Waals surface area contributed by atoms with E-state index in [4.69, 9.17) is 0 Å². The van der Waals surface area contributed by atoms with Crippen molar-refractivity contribution in [3.8, 4) is 17.2 Å². The number of fused-ring (bicyclic) bond motifs is 2. The van der Waals surface area contributed by atoms with Gasteiger partial charge in [-0.2, -0.15) is 0 Å². The SMILES string of the molecule is CN1CCC(NC(=O)c2ccc(O)c3nc4c(C=O)c(O)cc(O)c4nc23)CC1. The molecule has 0 unspecified atom stereocenters. The number of nitrogens with one attached hydrogen (secondary N) is 1. The van der Waals surface area contributed by atoms with Gasteiger partial charge in [0.2, 0.25) is 0 Å². The number of phenols is 3. The van der Waals surface area contributed by atoms with Crippen molar-refractivity contribution in [2.45, 2.75) is 18.9 Å². The standard InChI is InChI=1S/C20H20N4O5/c1-24-6-4-10(5-7-24)21-20(29)11-2-3-13(26)18-16(11)22-19-15(28)8-14(27)12(9-25)17(19)23-18/h2-3,8-10,26-28H,4-7H2,1H3,(H,21,29). The van der Waals surface area contributed by atoms with Crippen molar-refractivity contribution in [3.05, 3.63) is 29.3 Å². The number of aldehydes is 1. The van der Waals surface area contributed by atoms with Crippen molar-refractivity contribution in [1.29, 1.82) is 0 Å². The van der Waals surface area contributed by atoms with E-state index in [9.17, 15) is 24.9 Å². The van der Waals surface area contributed by atoms with Crippen LogP contribution in [0.25, 0.3) is 22.1 Å². The predicted octanol–water partition coefficient (Wildman–Crippen LogP) is 1.54. The Balaban J connectivity index is 1.83. The highest BCUT2D eigenvalue weighted by atomic mass is 16.3. The van der Waals surface area contributed by atoms with Crippen LogP contribution in [0.1, 0.15) is 33.6 Å². The van der Waals surface area contributed by atoms with E-state index in [1.165, 1.54) is 12.1 Å². The molecule has 1 aromatic heterocycles. The van der Waals surface area contributed by atoms with Crippen molar-refractivity contribution >= 4 is 34.3 Å². The number of carbonyl (C=O) groups excluding carboxylic acids is 2. The molecule has 0 saturated carbocycles. The third-order valence-electron chi connectivity index (χ3n) is 5.26. The maximum Gasteiger partial charge on any atom is 0.253 e. The molecule has 9 heteroatoms. The lowest BCUT2D eigenvalue weighted by Crippen LogP contribution is -2.43. The van der Waals surface area contributed by atoms with E-state index in [2.05, 4.69) is 20.2 Å². The number of aromatic nitrogens is 2. The minimum Gasteiger partial charge on any atom is -0.507 e. The Bertz CT molecular complexity index is 1140. The van der Waals surface area contributed by atoms with Crippen LogP contribution in [0.3, 0.4) is 0 Å². The van der Waals surface area contributed by atoms with Gasteiger partial charge in [0, 0.05) is 12.1 Å². The summed E-state index contributed by atoms with van der Waals surface area (Å²) in [5, 5.41) is 33.3. The molecule has 9 nitrogen and oxygen atoms in total. The molecule has 3 aromatic rings. The van der Waals surface area contributed by atoms with Crippen molar-refractivity contribution in [2.75, 3.05) is 20.1 Å². The molecule has 0 spiro atoms. The second-order valence-corrected chi connectivity index (χ2v) is 7.25. The number of hydrogen-bond donors (Lipinski definition) is 4. The molecule has 2 heterocycles. The number of benzene rings is 2. The van der Waals surface area contributed by atoms with Crippen LogP contribution in [-0.2, 0) is 0 Å². The molecule has 0 radical (unpaired) electrons. The van der Waals surface area contributed by atoms with Gasteiger partial charge in [-0.05, 0) is 45.1 Å². The summed E-state index contributed by atoms with van der Waals surface area (Å²) in [6.45, 7) is 1.77.